The van der Waals surface area contributed by atoms with Gasteiger partial charge >= 0.3 is 12.0 Å². The lowest BCUT2D eigenvalue weighted by molar-refractivity contribution is 0.335. The van der Waals surface area contributed by atoms with E-state index in [4.69, 9.17) is 15.2 Å². The highest BCUT2D eigenvalue weighted by atomic mass is 16.5. The van der Waals surface area contributed by atoms with Crippen molar-refractivity contribution in [2.75, 3.05) is 14.2 Å². The number of nitrogens with zero attached hydrogens (tertiary/aromatic N) is 3. The summed E-state index contributed by atoms with van der Waals surface area (Å²) in [6.07, 6.45) is 3.06. The first-order chi connectivity index (χ1) is 7.72. The van der Waals surface area contributed by atoms with Gasteiger partial charge in [-0.15, -0.1) is 4.98 Å². The summed E-state index contributed by atoms with van der Waals surface area (Å²) in [6.45, 7) is 0. The number of hydrogen-bond acceptors (Lipinski definition) is 6. The largest absolute Gasteiger partial charge is 0.467 e. The maximum absolute atomic E-state index is 6.01. The van der Waals surface area contributed by atoms with E-state index in [9.17, 15) is 0 Å². The molecule has 0 aliphatic heterocycles. The normalized spacial score (nSPS) is 16.9. The second kappa shape index (κ2) is 4.61. The van der Waals surface area contributed by atoms with Gasteiger partial charge in [0.15, 0.2) is 0 Å². The van der Waals surface area contributed by atoms with Crippen LogP contribution in [0.2, 0.25) is 0 Å². The third-order valence-electron chi connectivity index (χ3n) is 2.65. The van der Waals surface area contributed by atoms with Crippen LogP contribution in [0.15, 0.2) is 0 Å². The van der Waals surface area contributed by atoms with Crippen molar-refractivity contribution in [1.29, 1.82) is 0 Å². The highest BCUT2D eigenvalue weighted by Gasteiger charge is 2.29. The lowest BCUT2D eigenvalue weighted by atomic mass is 10.1. The number of rotatable bonds is 5. The Labute approximate surface area is 94.2 Å². The van der Waals surface area contributed by atoms with E-state index in [1.54, 1.807) is 0 Å². The molecular weight excluding hydrogens is 208 g/mol. The van der Waals surface area contributed by atoms with Crippen LogP contribution in [0.1, 0.15) is 18.7 Å². The van der Waals surface area contributed by atoms with E-state index in [0.717, 1.165) is 0 Å². The van der Waals surface area contributed by atoms with Crippen LogP contribution in [0, 0.1) is 5.92 Å². The molecule has 1 aliphatic rings. The Morgan fingerprint density at radius 1 is 1.19 bits per heavy atom. The monoisotopic (exact) mass is 224 g/mol. The second-order valence-corrected chi connectivity index (χ2v) is 3.93. The van der Waals surface area contributed by atoms with Crippen LogP contribution >= 0.6 is 0 Å². The summed E-state index contributed by atoms with van der Waals surface area (Å²) in [5, 5.41) is 0. The van der Waals surface area contributed by atoms with Gasteiger partial charge in [-0.3, -0.25) is 0 Å². The molecule has 1 aromatic rings. The SMILES string of the molecule is COc1nc(CC(N)C2CC2)nc(OC)n1. The van der Waals surface area contributed by atoms with E-state index in [1.807, 2.05) is 0 Å². The van der Waals surface area contributed by atoms with Gasteiger partial charge in [-0.25, -0.2) is 0 Å². The van der Waals surface area contributed by atoms with Gasteiger partial charge in [-0.1, -0.05) is 0 Å². The summed E-state index contributed by atoms with van der Waals surface area (Å²) in [5.41, 5.74) is 6.01. The molecule has 0 saturated heterocycles. The summed E-state index contributed by atoms with van der Waals surface area (Å²) in [7, 11) is 3.03. The zero-order chi connectivity index (χ0) is 11.5. The molecule has 88 valence electrons. The van der Waals surface area contributed by atoms with Crippen LogP contribution in [0.3, 0.4) is 0 Å². The lowest BCUT2D eigenvalue weighted by Crippen LogP contribution is -2.26. The summed E-state index contributed by atoms with van der Waals surface area (Å²) >= 11 is 0. The average molecular weight is 224 g/mol. The van der Waals surface area contributed by atoms with Gasteiger partial charge in [-0.05, 0) is 18.8 Å². The molecule has 16 heavy (non-hydrogen) atoms. The number of methoxy groups -OCH3 is 2. The molecule has 1 atom stereocenters. The smallest absolute Gasteiger partial charge is 0.322 e. The molecule has 6 nitrogen and oxygen atoms in total. The van der Waals surface area contributed by atoms with Crippen molar-refractivity contribution in [3.8, 4) is 12.0 Å². The van der Waals surface area contributed by atoms with Gasteiger partial charge in [0, 0.05) is 12.5 Å². The molecule has 0 spiro atoms. The van der Waals surface area contributed by atoms with E-state index in [0.29, 0.717) is 18.2 Å². The second-order valence-electron chi connectivity index (χ2n) is 3.93. The third kappa shape index (κ3) is 2.57. The standard InChI is InChI=1S/C10H16N4O2/c1-15-9-12-8(13-10(14-9)16-2)5-7(11)6-3-4-6/h6-7H,3-5,11H2,1-2H3. The topological polar surface area (TPSA) is 83.2 Å². The summed E-state index contributed by atoms with van der Waals surface area (Å²) < 4.78 is 9.94. The van der Waals surface area contributed by atoms with Crippen molar-refractivity contribution in [1.82, 2.24) is 15.0 Å². The van der Waals surface area contributed by atoms with Crippen LogP contribution < -0.4 is 15.2 Å². The highest BCUT2D eigenvalue weighted by molar-refractivity contribution is 5.07. The fraction of sp³-hybridized carbons (Fsp3) is 0.700. The average Bonchev–Trinajstić information content (AvgIpc) is 3.12. The van der Waals surface area contributed by atoms with Crippen LogP contribution in [-0.4, -0.2) is 35.2 Å². The molecule has 1 fully saturated rings. The van der Waals surface area contributed by atoms with E-state index in [-0.39, 0.29) is 18.1 Å². The van der Waals surface area contributed by atoms with E-state index >= 15 is 0 Å². The number of nitrogens with two attached hydrogens (primary N) is 1. The zero-order valence-corrected chi connectivity index (χ0v) is 9.51. The molecule has 0 aromatic carbocycles. The molecule has 0 radical (unpaired) electrons. The Morgan fingerprint density at radius 3 is 2.19 bits per heavy atom. The van der Waals surface area contributed by atoms with Crippen LogP contribution in [0.5, 0.6) is 12.0 Å². The minimum Gasteiger partial charge on any atom is -0.467 e. The van der Waals surface area contributed by atoms with Crippen LogP contribution in [0.25, 0.3) is 0 Å². The highest BCUT2D eigenvalue weighted by Crippen LogP contribution is 2.32. The maximum atomic E-state index is 6.01. The van der Waals surface area contributed by atoms with Crippen LogP contribution in [-0.2, 0) is 6.42 Å². The van der Waals surface area contributed by atoms with Gasteiger partial charge in [0.05, 0.1) is 14.2 Å². The number of hydrogen-bond donors (Lipinski definition) is 1. The first-order valence-corrected chi connectivity index (χ1v) is 5.31. The Morgan fingerprint density at radius 2 is 1.75 bits per heavy atom. The van der Waals surface area contributed by atoms with Gasteiger partial charge in [0.2, 0.25) is 0 Å². The summed E-state index contributed by atoms with van der Waals surface area (Å²) in [6, 6.07) is 0.659. The Hall–Kier alpha value is -1.43. The first-order valence-electron chi connectivity index (χ1n) is 5.31. The van der Waals surface area contributed by atoms with Crippen molar-refractivity contribution < 1.29 is 9.47 Å². The molecular formula is C10H16N4O2. The Balaban J connectivity index is 2.11. The molecule has 0 bridgehead atoms. The quantitative estimate of drug-likeness (QED) is 0.767. The van der Waals surface area contributed by atoms with Gasteiger partial charge < -0.3 is 15.2 Å². The molecule has 2 rings (SSSR count). The van der Waals surface area contributed by atoms with E-state index in [1.165, 1.54) is 27.1 Å². The third-order valence-corrected chi connectivity index (χ3v) is 2.65. The summed E-state index contributed by atoms with van der Waals surface area (Å²) in [4.78, 5) is 12.2. The van der Waals surface area contributed by atoms with Crippen molar-refractivity contribution >= 4 is 0 Å². The van der Waals surface area contributed by atoms with E-state index in [2.05, 4.69) is 15.0 Å². The predicted molar refractivity (Wildman–Crippen MR) is 57.3 cm³/mol. The zero-order valence-electron chi connectivity index (χ0n) is 9.51. The summed E-state index contributed by atoms with van der Waals surface area (Å²) in [5.74, 6) is 1.25. The lowest BCUT2D eigenvalue weighted by Gasteiger charge is -2.09. The molecule has 1 aromatic heterocycles. The molecule has 1 saturated carbocycles. The van der Waals surface area contributed by atoms with Gasteiger partial charge in [0.25, 0.3) is 0 Å². The molecule has 0 amide bonds. The molecule has 1 heterocycles. The van der Waals surface area contributed by atoms with Gasteiger partial charge in [0.1, 0.15) is 5.82 Å². The van der Waals surface area contributed by atoms with Crippen molar-refractivity contribution in [3.63, 3.8) is 0 Å². The molecule has 6 heteroatoms. The van der Waals surface area contributed by atoms with Crippen molar-refractivity contribution in [2.45, 2.75) is 25.3 Å². The maximum Gasteiger partial charge on any atom is 0.322 e. The predicted octanol–water partition coefficient (Wildman–Crippen LogP) is 0.169. The molecule has 2 N–H and O–H groups in total. The molecule has 1 unspecified atom stereocenters. The fourth-order valence-electron chi connectivity index (χ4n) is 1.55. The van der Waals surface area contributed by atoms with Crippen LogP contribution in [0.4, 0.5) is 0 Å². The fourth-order valence-corrected chi connectivity index (χ4v) is 1.55. The van der Waals surface area contributed by atoms with E-state index < -0.39 is 0 Å². The van der Waals surface area contributed by atoms with Crippen molar-refractivity contribution in [3.05, 3.63) is 5.82 Å². The van der Waals surface area contributed by atoms with Crippen molar-refractivity contribution in [2.24, 2.45) is 11.7 Å². The minimum absolute atomic E-state index is 0.122. The minimum atomic E-state index is 0.122. The Bertz CT molecular complexity index is 346. The molecule has 1 aliphatic carbocycles. The Kier molecular flexibility index (Phi) is 3.19. The number of aromatic nitrogens is 3. The number of ether oxygens (including phenoxy) is 2. The first kappa shape index (κ1) is 11.1. The van der Waals surface area contributed by atoms with Gasteiger partial charge in [-0.2, -0.15) is 9.97 Å².